The summed E-state index contributed by atoms with van der Waals surface area (Å²) in [5.74, 6) is 0.342. The molecule has 1 aliphatic rings. The van der Waals surface area contributed by atoms with E-state index in [1.165, 1.54) is 4.88 Å². The first-order chi connectivity index (χ1) is 6.83. The van der Waals surface area contributed by atoms with Gasteiger partial charge in [0.1, 0.15) is 0 Å². The third-order valence-electron chi connectivity index (χ3n) is 3.23. The smallest absolute Gasteiger partial charge is 0.0597 e. The van der Waals surface area contributed by atoms with E-state index in [0.29, 0.717) is 5.92 Å². The Morgan fingerprint density at radius 1 is 1.64 bits per heavy atom. The highest BCUT2D eigenvalue weighted by molar-refractivity contribution is 7.10. The van der Waals surface area contributed by atoms with E-state index in [9.17, 15) is 5.11 Å². The molecule has 0 aromatic carbocycles. The summed E-state index contributed by atoms with van der Waals surface area (Å²) >= 11 is 1.77. The zero-order chi connectivity index (χ0) is 10.0. The Labute approximate surface area is 88.5 Å². The van der Waals surface area contributed by atoms with Crippen molar-refractivity contribution in [3.05, 3.63) is 22.4 Å². The molecule has 3 heteroatoms. The van der Waals surface area contributed by atoms with Crippen molar-refractivity contribution in [3.63, 3.8) is 0 Å². The Kier molecular flexibility index (Phi) is 2.91. The fourth-order valence-corrected chi connectivity index (χ4v) is 3.14. The van der Waals surface area contributed by atoms with Gasteiger partial charge in [0.05, 0.1) is 18.6 Å². The van der Waals surface area contributed by atoms with Crippen LogP contribution in [0.5, 0.6) is 0 Å². The van der Waals surface area contributed by atoms with E-state index < -0.39 is 0 Å². The highest BCUT2D eigenvalue weighted by Gasteiger charge is 2.46. The van der Waals surface area contributed by atoms with Crippen LogP contribution in [0.2, 0.25) is 0 Å². The van der Waals surface area contributed by atoms with Crippen molar-refractivity contribution in [1.82, 2.24) is 0 Å². The second kappa shape index (κ2) is 4.01. The average Bonchev–Trinajstić information content (AvgIpc) is 2.63. The topological polar surface area (TPSA) is 29.5 Å². The number of hydrogen-bond acceptors (Lipinski definition) is 3. The van der Waals surface area contributed by atoms with E-state index >= 15 is 0 Å². The predicted octanol–water partition coefficient (Wildman–Crippen LogP) is 2.03. The number of aliphatic hydroxyl groups is 1. The second-order valence-electron chi connectivity index (χ2n) is 3.91. The molecule has 0 aliphatic carbocycles. The lowest BCUT2D eigenvalue weighted by atomic mass is 9.71. The SMILES string of the molecule is CCC(CO)C1(c2cccs2)COC1. The number of ether oxygens (including phenoxy) is 1. The quantitative estimate of drug-likeness (QED) is 0.827. The summed E-state index contributed by atoms with van der Waals surface area (Å²) in [5.41, 5.74) is 0.109. The van der Waals surface area contributed by atoms with Gasteiger partial charge in [-0.1, -0.05) is 19.4 Å². The minimum absolute atomic E-state index is 0.109. The highest BCUT2D eigenvalue weighted by Crippen LogP contribution is 2.42. The lowest BCUT2D eigenvalue weighted by Gasteiger charge is -2.46. The van der Waals surface area contributed by atoms with Gasteiger partial charge in [0, 0.05) is 11.5 Å². The molecule has 2 nitrogen and oxygen atoms in total. The first-order valence-electron chi connectivity index (χ1n) is 5.06. The zero-order valence-electron chi connectivity index (χ0n) is 8.40. The molecule has 2 heterocycles. The van der Waals surface area contributed by atoms with Crippen LogP contribution in [0.4, 0.5) is 0 Å². The van der Waals surface area contributed by atoms with Gasteiger partial charge in [-0.2, -0.15) is 0 Å². The molecule has 0 amide bonds. The second-order valence-corrected chi connectivity index (χ2v) is 4.86. The summed E-state index contributed by atoms with van der Waals surface area (Å²) < 4.78 is 5.34. The molecule has 78 valence electrons. The Balaban J connectivity index is 2.25. The molecule has 1 fully saturated rings. The molecule has 1 aliphatic heterocycles. The molecule has 1 unspecified atom stereocenters. The maximum Gasteiger partial charge on any atom is 0.0597 e. The van der Waals surface area contributed by atoms with E-state index in [1.54, 1.807) is 11.3 Å². The molecule has 0 radical (unpaired) electrons. The van der Waals surface area contributed by atoms with Gasteiger partial charge in [-0.15, -0.1) is 11.3 Å². The normalized spacial score (nSPS) is 21.6. The van der Waals surface area contributed by atoms with Crippen LogP contribution in [0.3, 0.4) is 0 Å². The van der Waals surface area contributed by atoms with Crippen LogP contribution in [0, 0.1) is 5.92 Å². The van der Waals surface area contributed by atoms with Gasteiger partial charge in [0.15, 0.2) is 0 Å². The maximum absolute atomic E-state index is 9.37. The summed E-state index contributed by atoms with van der Waals surface area (Å²) in [6.07, 6.45) is 1.01. The van der Waals surface area contributed by atoms with E-state index in [4.69, 9.17) is 4.74 Å². The molecule has 1 N–H and O–H groups in total. The molecular weight excluding hydrogens is 196 g/mol. The monoisotopic (exact) mass is 212 g/mol. The number of hydrogen-bond donors (Lipinski definition) is 1. The summed E-state index contributed by atoms with van der Waals surface area (Å²) in [6.45, 7) is 3.94. The van der Waals surface area contributed by atoms with Crippen molar-refractivity contribution in [1.29, 1.82) is 0 Å². The highest BCUT2D eigenvalue weighted by atomic mass is 32.1. The van der Waals surface area contributed by atoms with Crippen LogP contribution in [-0.4, -0.2) is 24.9 Å². The Hall–Kier alpha value is -0.380. The van der Waals surface area contributed by atoms with Gasteiger partial charge in [-0.25, -0.2) is 0 Å². The Morgan fingerprint density at radius 3 is 2.79 bits per heavy atom. The fourth-order valence-electron chi connectivity index (χ4n) is 2.16. The first kappa shape index (κ1) is 10.1. The van der Waals surface area contributed by atoms with Crippen molar-refractivity contribution in [3.8, 4) is 0 Å². The third-order valence-corrected chi connectivity index (χ3v) is 4.32. The molecule has 14 heavy (non-hydrogen) atoms. The fraction of sp³-hybridized carbons (Fsp3) is 0.636. The van der Waals surface area contributed by atoms with Crippen molar-refractivity contribution in [2.45, 2.75) is 18.8 Å². The molecule has 0 spiro atoms. The number of thiophene rings is 1. The Bertz CT molecular complexity index is 273. The molecule has 1 aromatic heterocycles. The summed E-state index contributed by atoms with van der Waals surface area (Å²) in [7, 11) is 0. The van der Waals surface area contributed by atoms with E-state index in [-0.39, 0.29) is 12.0 Å². The standard InChI is InChI=1S/C11H16O2S/c1-2-9(6-12)11(7-13-8-11)10-4-3-5-14-10/h3-5,9,12H,2,6-8H2,1H3. The van der Waals surface area contributed by atoms with Gasteiger partial charge in [0.2, 0.25) is 0 Å². The van der Waals surface area contributed by atoms with Gasteiger partial charge < -0.3 is 9.84 Å². The number of rotatable bonds is 4. The van der Waals surface area contributed by atoms with Crippen LogP contribution in [0.1, 0.15) is 18.2 Å². The first-order valence-corrected chi connectivity index (χ1v) is 5.94. The maximum atomic E-state index is 9.37. The van der Waals surface area contributed by atoms with Crippen LogP contribution < -0.4 is 0 Å². The third kappa shape index (κ3) is 1.40. The summed E-state index contributed by atoms with van der Waals surface area (Å²) in [5, 5.41) is 11.5. The molecule has 1 aromatic rings. The van der Waals surface area contributed by atoms with Gasteiger partial charge in [-0.3, -0.25) is 0 Å². The largest absolute Gasteiger partial charge is 0.396 e. The van der Waals surface area contributed by atoms with Gasteiger partial charge in [-0.05, 0) is 17.4 Å². The molecule has 1 atom stereocenters. The Morgan fingerprint density at radius 2 is 2.43 bits per heavy atom. The zero-order valence-corrected chi connectivity index (χ0v) is 9.22. The van der Waals surface area contributed by atoms with Crippen molar-refractivity contribution in [2.24, 2.45) is 5.92 Å². The minimum Gasteiger partial charge on any atom is -0.396 e. The van der Waals surface area contributed by atoms with Crippen LogP contribution in [-0.2, 0) is 10.2 Å². The number of aliphatic hydroxyl groups excluding tert-OH is 1. The van der Waals surface area contributed by atoms with Crippen molar-refractivity contribution < 1.29 is 9.84 Å². The molecular formula is C11H16O2S. The summed E-state index contributed by atoms with van der Waals surface area (Å²) in [6, 6.07) is 4.23. The van der Waals surface area contributed by atoms with Crippen molar-refractivity contribution in [2.75, 3.05) is 19.8 Å². The van der Waals surface area contributed by atoms with Gasteiger partial charge in [0.25, 0.3) is 0 Å². The van der Waals surface area contributed by atoms with Gasteiger partial charge >= 0.3 is 0 Å². The van der Waals surface area contributed by atoms with Crippen molar-refractivity contribution >= 4 is 11.3 Å². The molecule has 2 rings (SSSR count). The van der Waals surface area contributed by atoms with Crippen LogP contribution >= 0.6 is 11.3 Å². The van der Waals surface area contributed by atoms with Crippen LogP contribution in [0.25, 0.3) is 0 Å². The van der Waals surface area contributed by atoms with E-state index in [2.05, 4.69) is 24.4 Å². The lowest BCUT2D eigenvalue weighted by Crippen LogP contribution is -2.52. The van der Waals surface area contributed by atoms with Crippen LogP contribution in [0.15, 0.2) is 17.5 Å². The average molecular weight is 212 g/mol. The lowest BCUT2D eigenvalue weighted by molar-refractivity contribution is -0.0992. The molecule has 0 bridgehead atoms. The minimum atomic E-state index is 0.109. The molecule has 1 saturated heterocycles. The summed E-state index contributed by atoms with van der Waals surface area (Å²) in [4.78, 5) is 1.37. The van der Waals surface area contributed by atoms with E-state index in [1.807, 2.05) is 0 Å². The molecule has 0 saturated carbocycles. The predicted molar refractivity (Wildman–Crippen MR) is 57.7 cm³/mol. The van der Waals surface area contributed by atoms with E-state index in [0.717, 1.165) is 19.6 Å².